The molecule has 0 bridgehead atoms. The second-order valence-corrected chi connectivity index (χ2v) is 5.38. The number of nitrogens with one attached hydrogen (secondary N) is 1. The molecule has 2 aliphatic rings. The monoisotopic (exact) mass is 278 g/mol. The fraction of sp³-hybridized carbons (Fsp3) is 0.600. The number of para-hydroxylation sites is 1. The van der Waals surface area contributed by atoms with E-state index in [2.05, 4.69) is 10.2 Å². The summed E-state index contributed by atoms with van der Waals surface area (Å²) in [4.78, 5) is 2.38. The zero-order chi connectivity index (χ0) is 13.8. The molecule has 5 heteroatoms. The van der Waals surface area contributed by atoms with Crippen molar-refractivity contribution in [2.24, 2.45) is 0 Å². The summed E-state index contributed by atoms with van der Waals surface area (Å²) in [5.74, 6) is 0.366. The van der Waals surface area contributed by atoms with E-state index in [0.717, 1.165) is 45.0 Å². The third-order valence-corrected chi connectivity index (χ3v) is 4.06. The second-order valence-electron chi connectivity index (χ2n) is 5.38. The first kappa shape index (κ1) is 13.8. The van der Waals surface area contributed by atoms with Crippen molar-refractivity contribution < 1.29 is 14.6 Å². The Labute approximate surface area is 119 Å². The van der Waals surface area contributed by atoms with Crippen molar-refractivity contribution in [3.05, 3.63) is 29.8 Å². The normalized spacial score (nSPS) is 28.4. The van der Waals surface area contributed by atoms with Gasteiger partial charge in [0.1, 0.15) is 5.75 Å². The average molecular weight is 278 g/mol. The molecule has 0 saturated carbocycles. The van der Waals surface area contributed by atoms with Gasteiger partial charge in [-0.1, -0.05) is 18.2 Å². The molecule has 0 aromatic heterocycles. The van der Waals surface area contributed by atoms with Crippen LogP contribution in [0.25, 0.3) is 0 Å². The van der Waals surface area contributed by atoms with Gasteiger partial charge in [-0.2, -0.15) is 0 Å². The SMILES string of the molecule is Oc1ccccc1CN1CCOC[C@@H]1[C@H]1COCCN1. The molecule has 20 heavy (non-hydrogen) atoms. The predicted molar refractivity (Wildman–Crippen MR) is 75.7 cm³/mol. The van der Waals surface area contributed by atoms with Crippen LogP contribution in [-0.2, 0) is 16.0 Å². The summed E-state index contributed by atoms with van der Waals surface area (Å²) in [6.07, 6.45) is 0. The van der Waals surface area contributed by atoms with Gasteiger partial charge in [0, 0.05) is 31.2 Å². The van der Waals surface area contributed by atoms with Gasteiger partial charge < -0.3 is 19.9 Å². The molecule has 2 fully saturated rings. The zero-order valence-corrected chi connectivity index (χ0v) is 11.6. The molecule has 0 amide bonds. The van der Waals surface area contributed by atoms with Crippen LogP contribution in [0, 0.1) is 0 Å². The Morgan fingerprint density at radius 2 is 2.05 bits per heavy atom. The molecule has 2 atom stereocenters. The van der Waals surface area contributed by atoms with Gasteiger partial charge in [0.2, 0.25) is 0 Å². The highest BCUT2D eigenvalue weighted by Gasteiger charge is 2.32. The van der Waals surface area contributed by atoms with Crippen LogP contribution in [0.4, 0.5) is 0 Å². The lowest BCUT2D eigenvalue weighted by molar-refractivity contribution is -0.0498. The minimum Gasteiger partial charge on any atom is -0.508 e. The predicted octanol–water partition coefficient (Wildman–Crippen LogP) is 0.581. The Hall–Kier alpha value is -1.14. The van der Waals surface area contributed by atoms with Crippen molar-refractivity contribution in [1.29, 1.82) is 0 Å². The summed E-state index contributed by atoms with van der Waals surface area (Å²) < 4.78 is 11.2. The number of phenols is 1. The molecule has 2 N–H and O–H groups in total. The average Bonchev–Trinajstić information content (AvgIpc) is 2.51. The molecule has 2 saturated heterocycles. The molecular formula is C15H22N2O3. The molecule has 1 aromatic rings. The number of benzene rings is 1. The van der Waals surface area contributed by atoms with E-state index in [9.17, 15) is 5.11 Å². The highest BCUT2D eigenvalue weighted by Crippen LogP contribution is 2.21. The zero-order valence-electron chi connectivity index (χ0n) is 11.6. The van der Waals surface area contributed by atoms with Crippen molar-refractivity contribution in [3.8, 4) is 5.75 Å². The Balaban J connectivity index is 1.70. The fourth-order valence-electron chi connectivity index (χ4n) is 2.92. The van der Waals surface area contributed by atoms with E-state index in [1.807, 2.05) is 18.2 Å². The standard InChI is InChI=1S/C15H22N2O3/c18-15-4-2-1-3-12(15)9-17-6-8-20-11-14(17)13-10-19-7-5-16-13/h1-4,13-14,16,18H,5-11H2/t13-,14-/m1/s1. The molecule has 0 unspecified atom stereocenters. The van der Waals surface area contributed by atoms with Gasteiger partial charge in [0.05, 0.1) is 32.5 Å². The summed E-state index contributed by atoms with van der Waals surface area (Å²) in [7, 11) is 0. The number of morpholine rings is 2. The molecule has 2 aliphatic heterocycles. The van der Waals surface area contributed by atoms with E-state index >= 15 is 0 Å². The molecule has 2 heterocycles. The molecule has 0 radical (unpaired) electrons. The third-order valence-electron chi connectivity index (χ3n) is 4.06. The van der Waals surface area contributed by atoms with Gasteiger partial charge in [0.25, 0.3) is 0 Å². The maximum absolute atomic E-state index is 9.94. The molecule has 110 valence electrons. The van der Waals surface area contributed by atoms with Crippen LogP contribution in [0.2, 0.25) is 0 Å². The van der Waals surface area contributed by atoms with Gasteiger partial charge in [-0.05, 0) is 6.07 Å². The maximum atomic E-state index is 9.94. The second kappa shape index (κ2) is 6.54. The summed E-state index contributed by atoms with van der Waals surface area (Å²) in [5, 5.41) is 13.4. The summed E-state index contributed by atoms with van der Waals surface area (Å²) in [6, 6.07) is 8.14. The number of rotatable bonds is 3. The third kappa shape index (κ3) is 3.12. The number of hydrogen-bond donors (Lipinski definition) is 2. The van der Waals surface area contributed by atoms with Crippen molar-refractivity contribution in [3.63, 3.8) is 0 Å². The largest absolute Gasteiger partial charge is 0.508 e. The summed E-state index contributed by atoms with van der Waals surface area (Å²) >= 11 is 0. The first-order valence-corrected chi connectivity index (χ1v) is 7.24. The van der Waals surface area contributed by atoms with E-state index < -0.39 is 0 Å². The number of aromatic hydroxyl groups is 1. The quantitative estimate of drug-likeness (QED) is 0.847. The van der Waals surface area contributed by atoms with Crippen LogP contribution in [0.5, 0.6) is 5.75 Å². The smallest absolute Gasteiger partial charge is 0.120 e. The topological polar surface area (TPSA) is 54.0 Å². The number of phenolic OH excluding ortho intramolecular Hbond substituents is 1. The molecule has 5 nitrogen and oxygen atoms in total. The lowest BCUT2D eigenvalue weighted by Crippen LogP contribution is -2.59. The lowest BCUT2D eigenvalue weighted by atomic mass is 10.0. The van der Waals surface area contributed by atoms with Crippen molar-refractivity contribution in [1.82, 2.24) is 10.2 Å². The minimum atomic E-state index is 0.295. The Bertz CT molecular complexity index is 435. The first-order chi connectivity index (χ1) is 9.84. The Kier molecular flexibility index (Phi) is 4.52. The molecule has 0 spiro atoms. The Morgan fingerprint density at radius 1 is 1.20 bits per heavy atom. The van der Waals surface area contributed by atoms with Crippen LogP contribution >= 0.6 is 0 Å². The highest BCUT2D eigenvalue weighted by molar-refractivity contribution is 5.31. The van der Waals surface area contributed by atoms with Gasteiger partial charge in [-0.15, -0.1) is 0 Å². The van der Waals surface area contributed by atoms with Gasteiger partial charge in [0.15, 0.2) is 0 Å². The van der Waals surface area contributed by atoms with Gasteiger partial charge >= 0.3 is 0 Å². The fourth-order valence-corrected chi connectivity index (χ4v) is 2.92. The van der Waals surface area contributed by atoms with Gasteiger partial charge in [-0.25, -0.2) is 0 Å². The van der Waals surface area contributed by atoms with Crippen molar-refractivity contribution in [2.75, 3.05) is 39.5 Å². The minimum absolute atomic E-state index is 0.295. The van der Waals surface area contributed by atoms with Crippen LogP contribution in [0.3, 0.4) is 0 Å². The van der Waals surface area contributed by atoms with Crippen molar-refractivity contribution >= 4 is 0 Å². The van der Waals surface area contributed by atoms with E-state index in [4.69, 9.17) is 9.47 Å². The number of nitrogens with zero attached hydrogens (tertiary/aromatic N) is 1. The molecule has 0 aliphatic carbocycles. The lowest BCUT2D eigenvalue weighted by Gasteiger charge is -2.41. The van der Waals surface area contributed by atoms with E-state index in [1.54, 1.807) is 6.07 Å². The maximum Gasteiger partial charge on any atom is 0.120 e. The van der Waals surface area contributed by atoms with Crippen LogP contribution in [0.15, 0.2) is 24.3 Å². The molecule has 1 aromatic carbocycles. The van der Waals surface area contributed by atoms with Gasteiger partial charge in [-0.3, -0.25) is 4.90 Å². The van der Waals surface area contributed by atoms with E-state index in [0.29, 0.717) is 24.4 Å². The van der Waals surface area contributed by atoms with E-state index in [-0.39, 0.29) is 0 Å². The molecule has 3 rings (SSSR count). The Morgan fingerprint density at radius 3 is 2.85 bits per heavy atom. The highest BCUT2D eigenvalue weighted by atomic mass is 16.5. The van der Waals surface area contributed by atoms with Crippen LogP contribution in [0.1, 0.15) is 5.56 Å². The molecular weight excluding hydrogens is 256 g/mol. The van der Waals surface area contributed by atoms with E-state index in [1.165, 1.54) is 0 Å². The van der Waals surface area contributed by atoms with Crippen LogP contribution in [-0.4, -0.2) is 61.6 Å². The summed E-state index contributed by atoms with van der Waals surface area (Å²) in [6.45, 7) is 5.50. The van der Waals surface area contributed by atoms with Crippen molar-refractivity contribution in [2.45, 2.75) is 18.6 Å². The number of hydrogen-bond acceptors (Lipinski definition) is 5. The van der Waals surface area contributed by atoms with Crippen LogP contribution < -0.4 is 5.32 Å². The first-order valence-electron chi connectivity index (χ1n) is 7.24. The number of ether oxygens (including phenoxy) is 2. The summed E-state index contributed by atoms with van der Waals surface area (Å²) in [5.41, 5.74) is 0.969.